The minimum absolute atomic E-state index is 0.100. The number of nitrogen functional groups attached to an aromatic ring is 1. The molecular formula is C25H16F3N3. The third-order valence-corrected chi connectivity index (χ3v) is 4.93. The van der Waals surface area contributed by atoms with E-state index < -0.39 is 11.7 Å². The summed E-state index contributed by atoms with van der Waals surface area (Å²) in [6, 6.07) is 25.4. The molecule has 0 radical (unpaired) electrons. The third-order valence-electron chi connectivity index (χ3n) is 4.93. The Hall–Kier alpha value is -4.11. The SMILES string of the molecule is N#Cc1c(-c2cccc(-c3cccc(C(F)(F)F)c3)c2)cc(-c2ccccc2)nc1N. The fraction of sp³-hybridized carbons (Fsp3) is 0.0400. The highest BCUT2D eigenvalue weighted by Gasteiger charge is 2.30. The van der Waals surface area contributed by atoms with Gasteiger partial charge in [-0.25, -0.2) is 4.98 Å². The molecule has 0 saturated heterocycles. The summed E-state index contributed by atoms with van der Waals surface area (Å²) in [7, 11) is 0. The third kappa shape index (κ3) is 4.12. The number of hydrogen-bond donors (Lipinski definition) is 1. The molecule has 152 valence electrons. The number of nitriles is 1. The van der Waals surface area contributed by atoms with E-state index in [2.05, 4.69) is 11.1 Å². The lowest BCUT2D eigenvalue weighted by Crippen LogP contribution is -2.04. The predicted molar refractivity (Wildman–Crippen MR) is 115 cm³/mol. The standard InChI is InChI=1S/C25H16F3N3/c26-25(27,28)20-11-5-9-18(13-20)17-8-4-10-19(12-17)21-14-23(16-6-2-1-3-7-16)31-24(30)22(21)15-29/h1-14H,(H2,30,31). The quantitative estimate of drug-likeness (QED) is 0.412. The van der Waals surface area contributed by atoms with E-state index in [0.717, 1.165) is 17.7 Å². The van der Waals surface area contributed by atoms with Gasteiger partial charge in [-0.3, -0.25) is 0 Å². The maximum atomic E-state index is 13.1. The average Bonchev–Trinajstić information content (AvgIpc) is 2.79. The largest absolute Gasteiger partial charge is 0.416 e. The second-order valence-electron chi connectivity index (χ2n) is 6.95. The van der Waals surface area contributed by atoms with E-state index in [0.29, 0.717) is 27.9 Å². The van der Waals surface area contributed by atoms with E-state index >= 15 is 0 Å². The molecule has 0 aliphatic heterocycles. The lowest BCUT2D eigenvalue weighted by atomic mass is 9.94. The van der Waals surface area contributed by atoms with Gasteiger partial charge in [0.15, 0.2) is 0 Å². The van der Waals surface area contributed by atoms with Gasteiger partial charge >= 0.3 is 6.18 Å². The molecule has 0 atom stereocenters. The molecule has 1 aromatic heterocycles. The summed E-state index contributed by atoms with van der Waals surface area (Å²) in [4.78, 5) is 4.35. The van der Waals surface area contributed by atoms with Crippen LogP contribution >= 0.6 is 0 Å². The first-order chi connectivity index (χ1) is 14.9. The number of alkyl halides is 3. The molecule has 0 fully saturated rings. The molecule has 1 heterocycles. The molecule has 0 aliphatic carbocycles. The number of nitrogens with zero attached hydrogens (tertiary/aromatic N) is 2. The first-order valence-corrected chi connectivity index (χ1v) is 9.41. The summed E-state index contributed by atoms with van der Waals surface area (Å²) in [6.45, 7) is 0. The van der Waals surface area contributed by atoms with Crippen LogP contribution < -0.4 is 5.73 Å². The van der Waals surface area contributed by atoms with Gasteiger partial charge in [0.25, 0.3) is 0 Å². The monoisotopic (exact) mass is 415 g/mol. The Labute approximate surface area is 177 Å². The molecule has 0 aliphatic rings. The number of rotatable bonds is 3. The van der Waals surface area contributed by atoms with E-state index in [9.17, 15) is 18.4 Å². The van der Waals surface area contributed by atoms with Crippen molar-refractivity contribution in [2.75, 3.05) is 5.73 Å². The van der Waals surface area contributed by atoms with Crippen molar-refractivity contribution in [3.05, 3.63) is 96.1 Å². The number of aromatic nitrogens is 1. The molecule has 3 nitrogen and oxygen atoms in total. The summed E-state index contributed by atoms with van der Waals surface area (Å²) < 4.78 is 39.4. The van der Waals surface area contributed by atoms with Gasteiger partial charge in [-0.1, -0.05) is 60.7 Å². The van der Waals surface area contributed by atoms with Crippen molar-refractivity contribution >= 4 is 5.82 Å². The van der Waals surface area contributed by atoms with Gasteiger partial charge in [-0.15, -0.1) is 0 Å². The fourth-order valence-corrected chi connectivity index (χ4v) is 3.41. The Morgan fingerprint density at radius 2 is 1.35 bits per heavy atom. The Kier molecular flexibility index (Phi) is 5.18. The maximum absolute atomic E-state index is 13.1. The van der Waals surface area contributed by atoms with Crippen LogP contribution in [0.3, 0.4) is 0 Å². The lowest BCUT2D eigenvalue weighted by Gasteiger charge is -2.12. The van der Waals surface area contributed by atoms with E-state index in [1.165, 1.54) is 6.07 Å². The summed E-state index contributed by atoms with van der Waals surface area (Å²) in [5, 5.41) is 9.64. The van der Waals surface area contributed by atoms with E-state index in [-0.39, 0.29) is 11.4 Å². The molecular weight excluding hydrogens is 399 g/mol. The Balaban J connectivity index is 1.85. The molecule has 0 spiro atoms. The smallest absolute Gasteiger partial charge is 0.383 e. The van der Waals surface area contributed by atoms with Crippen molar-refractivity contribution in [1.29, 1.82) is 5.26 Å². The predicted octanol–water partition coefficient (Wildman–Crippen LogP) is 6.56. The van der Waals surface area contributed by atoms with Crippen molar-refractivity contribution in [3.63, 3.8) is 0 Å². The first kappa shape index (κ1) is 20.2. The van der Waals surface area contributed by atoms with Gasteiger partial charge in [0.1, 0.15) is 17.5 Å². The zero-order valence-corrected chi connectivity index (χ0v) is 16.2. The fourth-order valence-electron chi connectivity index (χ4n) is 3.41. The van der Waals surface area contributed by atoms with E-state index in [1.54, 1.807) is 36.4 Å². The molecule has 2 N–H and O–H groups in total. The Bertz CT molecular complexity index is 1290. The second-order valence-corrected chi connectivity index (χ2v) is 6.95. The Morgan fingerprint density at radius 1 is 0.742 bits per heavy atom. The minimum Gasteiger partial charge on any atom is -0.383 e. The molecule has 0 unspecified atom stereocenters. The van der Waals surface area contributed by atoms with Crippen molar-refractivity contribution in [3.8, 4) is 39.6 Å². The summed E-state index contributed by atoms with van der Waals surface area (Å²) >= 11 is 0. The van der Waals surface area contributed by atoms with Crippen LogP contribution in [-0.4, -0.2) is 4.98 Å². The van der Waals surface area contributed by atoms with Gasteiger partial charge in [0, 0.05) is 11.1 Å². The summed E-state index contributed by atoms with van der Waals surface area (Å²) in [5.41, 5.74) is 9.29. The normalized spacial score (nSPS) is 11.2. The molecule has 3 aromatic carbocycles. The van der Waals surface area contributed by atoms with Crippen LogP contribution in [0.15, 0.2) is 84.9 Å². The maximum Gasteiger partial charge on any atom is 0.416 e. The number of pyridine rings is 1. The van der Waals surface area contributed by atoms with Crippen molar-refractivity contribution in [2.45, 2.75) is 6.18 Å². The van der Waals surface area contributed by atoms with Crippen LogP contribution in [-0.2, 0) is 6.18 Å². The minimum atomic E-state index is -4.42. The molecule has 4 rings (SSSR count). The highest BCUT2D eigenvalue weighted by atomic mass is 19.4. The topological polar surface area (TPSA) is 62.7 Å². The first-order valence-electron chi connectivity index (χ1n) is 9.41. The molecule has 0 amide bonds. The van der Waals surface area contributed by atoms with Crippen LogP contribution in [0.5, 0.6) is 0 Å². The number of anilines is 1. The molecule has 31 heavy (non-hydrogen) atoms. The molecule has 6 heteroatoms. The van der Waals surface area contributed by atoms with Crippen molar-refractivity contribution in [1.82, 2.24) is 4.98 Å². The highest BCUT2D eigenvalue weighted by molar-refractivity contribution is 5.82. The number of nitrogens with two attached hydrogens (primary N) is 1. The number of hydrogen-bond acceptors (Lipinski definition) is 3. The van der Waals surface area contributed by atoms with Gasteiger partial charge in [0.2, 0.25) is 0 Å². The molecule has 4 aromatic rings. The second kappa shape index (κ2) is 7.96. The lowest BCUT2D eigenvalue weighted by molar-refractivity contribution is -0.137. The number of halogens is 3. The summed E-state index contributed by atoms with van der Waals surface area (Å²) in [6.07, 6.45) is -4.42. The summed E-state index contributed by atoms with van der Waals surface area (Å²) in [5.74, 6) is 0.100. The van der Waals surface area contributed by atoms with E-state index in [4.69, 9.17) is 5.73 Å². The molecule has 0 saturated carbocycles. The van der Waals surface area contributed by atoms with Crippen molar-refractivity contribution in [2.24, 2.45) is 0 Å². The highest BCUT2D eigenvalue weighted by Crippen LogP contribution is 2.35. The van der Waals surface area contributed by atoms with Gasteiger partial charge in [-0.2, -0.15) is 18.4 Å². The van der Waals surface area contributed by atoms with Crippen LogP contribution in [0.1, 0.15) is 11.1 Å². The van der Waals surface area contributed by atoms with Crippen LogP contribution in [0.25, 0.3) is 33.5 Å². The zero-order valence-electron chi connectivity index (χ0n) is 16.2. The van der Waals surface area contributed by atoms with Crippen LogP contribution in [0, 0.1) is 11.3 Å². The van der Waals surface area contributed by atoms with Crippen molar-refractivity contribution < 1.29 is 13.2 Å². The molecule has 0 bridgehead atoms. The van der Waals surface area contributed by atoms with Crippen LogP contribution in [0.2, 0.25) is 0 Å². The van der Waals surface area contributed by atoms with Gasteiger partial charge in [0.05, 0.1) is 11.3 Å². The average molecular weight is 415 g/mol. The Morgan fingerprint density at radius 3 is 2.03 bits per heavy atom. The number of benzene rings is 3. The van der Waals surface area contributed by atoms with Crippen LogP contribution in [0.4, 0.5) is 19.0 Å². The van der Waals surface area contributed by atoms with Gasteiger partial charge in [-0.05, 0) is 41.0 Å². The van der Waals surface area contributed by atoms with Gasteiger partial charge < -0.3 is 5.73 Å². The van der Waals surface area contributed by atoms with E-state index in [1.807, 2.05) is 30.3 Å². The zero-order chi connectivity index (χ0) is 22.0.